The summed E-state index contributed by atoms with van der Waals surface area (Å²) >= 11 is 0. The van der Waals surface area contributed by atoms with Gasteiger partial charge in [-0.15, -0.1) is 0 Å². The van der Waals surface area contributed by atoms with E-state index in [0.717, 1.165) is 32.5 Å². The van der Waals surface area contributed by atoms with Crippen LogP contribution in [0.15, 0.2) is 0 Å². The van der Waals surface area contributed by atoms with Crippen molar-refractivity contribution in [2.75, 3.05) is 19.6 Å². The molecule has 2 N–H and O–H groups in total. The first-order chi connectivity index (χ1) is 8.06. The lowest BCUT2D eigenvalue weighted by molar-refractivity contribution is -0.109. The highest BCUT2D eigenvalue weighted by molar-refractivity contribution is 5.45. The highest BCUT2D eigenvalue weighted by Crippen LogP contribution is 2.22. The summed E-state index contributed by atoms with van der Waals surface area (Å²) in [4.78, 5) is 9.98. The zero-order chi connectivity index (χ0) is 13.0. The van der Waals surface area contributed by atoms with E-state index in [-0.39, 0.29) is 0 Å². The van der Waals surface area contributed by atoms with Gasteiger partial charge in [-0.3, -0.25) is 4.79 Å². The van der Waals surface area contributed by atoms with E-state index in [1.54, 1.807) is 0 Å². The van der Waals surface area contributed by atoms with Gasteiger partial charge in [0.15, 0.2) is 0 Å². The first-order valence-corrected chi connectivity index (χ1v) is 6.94. The van der Waals surface area contributed by atoms with E-state index in [0.29, 0.717) is 5.41 Å². The Morgan fingerprint density at radius 3 is 2.18 bits per heavy atom. The fourth-order valence-electron chi connectivity index (χ4n) is 1.76. The fourth-order valence-corrected chi connectivity index (χ4v) is 1.76. The van der Waals surface area contributed by atoms with Crippen molar-refractivity contribution in [2.45, 2.75) is 59.3 Å². The average molecular weight is 242 g/mol. The van der Waals surface area contributed by atoms with Crippen molar-refractivity contribution in [3.63, 3.8) is 0 Å². The van der Waals surface area contributed by atoms with Crippen LogP contribution in [0.3, 0.4) is 0 Å². The lowest BCUT2D eigenvalue weighted by atomic mass is 9.89. The molecular formula is C14H30N2O. The molecule has 0 aromatic heterocycles. The first kappa shape index (κ1) is 16.4. The van der Waals surface area contributed by atoms with Crippen LogP contribution in [0.1, 0.15) is 59.3 Å². The summed E-state index contributed by atoms with van der Waals surface area (Å²) in [6, 6.07) is 0. The van der Waals surface area contributed by atoms with Crippen molar-refractivity contribution < 1.29 is 4.79 Å². The molecule has 0 aromatic rings. The lowest BCUT2D eigenvalue weighted by Gasteiger charge is -2.17. The molecule has 0 bridgehead atoms. The standard InChI is InChI=1S/C14H30N2O/c1-14(2,3)9-6-4-5-7-10-15-11-8-12-16-13-17/h13,15H,4-12H2,1-3H3,(H,16,17). The molecule has 3 heteroatoms. The molecule has 0 rings (SSSR count). The summed E-state index contributed by atoms with van der Waals surface area (Å²) in [5, 5.41) is 6.06. The van der Waals surface area contributed by atoms with Crippen molar-refractivity contribution in [3.8, 4) is 0 Å². The maximum absolute atomic E-state index is 9.98. The number of rotatable bonds is 11. The van der Waals surface area contributed by atoms with Crippen molar-refractivity contribution in [2.24, 2.45) is 5.41 Å². The number of hydrogen-bond donors (Lipinski definition) is 2. The second-order valence-electron chi connectivity index (χ2n) is 5.90. The Labute approximate surface area is 107 Å². The van der Waals surface area contributed by atoms with Crippen LogP contribution in [0.5, 0.6) is 0 Å². The Morgan fingerprint density at radius 1 is 0.882 bits per heavy atom. The Morgan fingerprint density at radius 2 is 1.53 bits per heavy atom. The topological polar surface area (TPSA) is 41.1 Å². The molecule has 0 saturated heterocycles. The summed E-state index contributed by atoms with van der Waals surface area (Å²) in [6.45, 7) is 9.81. The van der Waals surface area contributed by atoms with Crippen LogP contribution in [0.2, 0.25) is 0 Å². The van der Waals surface area contributed by atoms with Crippen molar-refractivity contribution in [1.29, 1.82) is 0 Å². The molecule has 0 spiro atoms. The molecule has 3 nitrogen and oxygen atoms in total. The van der Waals surface area contributed by atoms with Gasteiger partial charge in [0.05, 0.1) is 0 Å². The predicted molar refractivity (Wildman–Crippen MR) is 74.1 cm³/mol. The van der Waals surface area contributed by atoms with Gasteiger partial charge in [-0.2, -0.15) is 0 Å². The summed E-state index contributed by atoms with van der Waals surface area (Å²) in [7, 11) is 0. The molecule has 0 heterocycles. The second-order valence-corrected chi connectivity index (χ2v) is 5.90. The second kappa shape index (κ2) is 10.6. The SMILES string of the molecule is CC(C)(C)CCCCCCNCCCNC=O. The number of carbonyl (C=O) groups is 1. The average Bonchev–Trinajstić information content (AvgIpc) is 2.24. The van der Waals surface area contributed by atoms with Gasteiger partial charge in [-0.25, -0.2) is 0 Å². The van der Waals surface area contributed by atoms with E-state index >= 15 is 0 Å². The lowest BCUT2D eigenvalue weighted by Crippen LogP contribution is -2.21. The van der Waals surface area contributed by atoms with Crippen LogP contribution < -0.4 is 10.6 Å². The monoisotopic (exact) mass is 242 g/mol. The van der Waals surface area contributed by atoms with Gasteiger partial charge >= 0.3 is 0 Å². The fraction of sp³-hybridized carbons (Fsp3) is 0.929. The summed E-state index contributed by atoms with van der Waals surface area (Å²) < 4.78 is 0. The quantitative estimate of drug-likeness (QED) is 0.432. The molecule has 0 aromatic carbocycles. The van der Waals surface area contributed by atoms with Crippen molar-refractivity contribution in [1.82, 2.24) is 10.6 Å². The molecule has 0 aliphatic rings. The minimum Gasteiger partial charge on any atom is -0.359 e. The van der Waals surface area contributed by atoms with Crippen LogP contribution in [0.4, 0.5) is 0 Å². The Balaban J connectivity index is 3.01. The van der Waals surface area contributed by atoms with Crippen LogP contribution >= 0.6 is 0 Å². The van der Waals surface area contributed by atoms with Crippen molar-refractivity contribution in [3.05, 3.63) is 0 Å². The molecule has 0 saturated carbocycles. The summed E-state index contributed by atoms with van der Waals surface area (Å²) in [6.07, 6.45) is 8.41. The maximum atomic E-state index is 9.98. The molecule has 0 aliphatic heterocycles. The number of nitrogens with one attached hydrogen (secondary N) is 2. The Hall–Kier alpha value is -0.570. The van der Waals surface area contributed by atoms with Gasteiger partial charge in [0, 0.05) is 6.54 Å². The third-order valence-electron chi connectivity index (χ3n) is 2.79. The predicted octanol–water partition coefficient (Wildman–Crippen LogP) is 2.71. The largest absolute Gasteiger partial charge is 0.359 e. The van der Waals surface area contributed by atoms with E-state index in [4.69, 9.17) is 0 Å². The van der Waals surface area contributed by atoms with Gasteiger partial charge in [-0.05, 0) is 37.8 Å². The summed E-state index contributed by atoms with van der Waals surface area (Å²) in [5.74, 6) is 0. The third kappa shape index (κ3) is 15.4. The smallest absolute Gasteiger partial charge is 0.207 e. The first-order valence-electron chi connectivity index (χ1n) is 6.94. The molecule has 0 radical (unpaired) electrons. The van der Waals surface area contributed by atoms with Gasteiger partial charge in [0.2, 0.25) is 6.41 Å². The zero-order valence-electron chi connectivity index (χ0n) is 11.8. The molecule has 17 heavy (non-hydrogen) atoms. The van der Waals surface area contributed by atoms with E-state index < -0.39 is 0 Å². The molecule has 0 fully saturated rings. The molecule has 0 unspecified atom stereocenters. The van der Waals surface area contributed by atoms with Crippen molar-refractivity contribution >= 4 is 6.41 Å². The Kier molecular flexibility index (Phi) is 10.2. The van der Waals surface area contributed by atoms with E-state index in [9.17, 15) is 4.79 Å². The molecule has 0 aliphatic carbocycles. The summed E-state index contributed by atoms with van der Waals surface area (Å²) in [5.41, 5.74) is 0.490. The Bertz CT molecular complexity index is 176. The number of unbranched alkanes of at least 4 members (excludes halogenated alkanes) is 3. The van der Waals surface area contributed by atoms with E-state index in [1.807, 2.05) is 0 Å². The van der Waals surface area contributed by atoms with Gasteiger partial charge in [-0.1, -0.05) is 40.0 Å². The molecule has 0 atom stereocenters. The molecule has 102 valence electrons. The van der Waals surface area contributed by atoms with E-state index in [1.165, 1.54) is 32.1 Å². The van der Waals surface area contributed by atoms with Crippen LogP contribution in [0.25, 0.3) is 0 Å². The van der Waals surface area contributed by atoms with Gasteiger partial charge in [0.25, 0.3) is 0 Å². The molecular weight excluding hydrogens is 212 g/mol. The highest BCUT2D eigenvalue weighted by Gasteiger charge is 2.08. The minimum absolute atomic E-state index is 0.490. The van der Waals surface area contributed by atoms with E-state index in [2.05, 4.69) is 31.4 Å². The number of amides is 1. The van der Waals surface area contributed by atoms with Gasteiger partial charge < -0.3 is 10.6 Å². The van der Waals surface area contributed by atoms with Crippen LogP contribution in [-0.4, -0.2) is 26.0 Å². The maximum Gasteiger partial charge on any atom is 0.207 e. The zero-order valence-corrected chi connectivity index (χ0v) is 11.8. The molecule has 1 amide bonds. The third-order valence-corrected chi connectivity index (χ3v) is 2.79. The van der Waals surface area contributed by atoms with Crippen LogP contribution in [0, 0.1) is 5.41 Å². The van der Waals surface area contributed by atoms with Crippen LogP contribution in [-0.2, 0) is 4.79 Å². The normalized spacial score (nSPS) is 11.5. The minimum atomic E-state index is 0.490. The van der Waals surface area contributed by atoms with Gasteiger partial charge in [0.1, 0.15) is 0 Å². The number of hydrogen-bond acceptors (Lipinski definition) is 2. The number of carbonyl (C=O) groups excluding carboxylic acids is 1. The highest BCUT2D eigenvalue weighted by atomic mass is 16.1.